The molecule has 0 amide bonds. The van der Waals surface area contributed by atoms with Crippen LogP contribution >= 0.6 is 22.9 Å². The van der Waals surface area contributed by atoms with Crippen LogP contribution in [0.25, 0.3) is 6.08 Å². The molecule has 0 saturated heterocycles. The lowest BCUT2D eigenvalue weighted by Gasteiger charge is -2.25. The van der Waals surface area contributed by atoms with E-state index in [-0.39, 0.29) is 11.1 Å². The van der Waals surface area contributed by atoms with E-state index < -0.39 is 12.0 Å². The summed E-state index contributed by atoms with van der Waals surface area (Å²) in [5.41, 5.74) is 1.13. The number of halogens is 1. The van der Waals surface area contributed by atoms with Crippen molar-refractivity contribution in [1.82, 2.24) is 4.57 Å². The minimum absolute atomic E-state index is 0.276. The second-order valence-corrected chi connectivity index (χ2v) is 7.96. The maximum absolute atomic E-state index is 13.3. The molecule has 0 unspecified atom stereocenters. The summed E-state index contributed by atoms with van der Waals surface area (Å²) in [4.78, 5) is 30.9. The molecule has 0 fully saturated rings. The molecule has 8 heteroatoms. The highest BCUT2D eigenvalue weighted by molar-refractivity contribution is 7.07. The third-order valence-electron chi connectivity index (χ3n) is 4.66. The first kappa shape index (κ1) is 19.4. The lowest BCUT2D eigenvalue weighted by molar-refractivity contribution is -0.136. The molecule has 1 atom stereocenters. The van der Waals surface area contributed by atoms with E-state index in [2.05, 4.69) is 4.99 Å². The molecule has 2 aromatic heterocycles. The number of esters is 1. The molecule has 0 radical (unpaired) electrons. The molecule has 0 aliphatic carbocycles. The molecule has 1 aliphatic rings. The highest BCUT2D eigenvalue weighted by Crippen LogP contribution is 2.34. The van der Waals surface area contributed by atoms with Crippen molar-refractivity contribution in [2.75, 3.05) is 7.11 Å². The summed E-state index contributed by atoms with van der Waals surface area (Å²) in [6, 6.07) is 10.0. The Morgan fingerprint density at radius 1 is 1.28 bits per heavy atom. The van der Waals surface area contributed by atoms with E-state index in [1.165, 1.54) is 23.0 Å². The number of hydrogen-bond acceptors (Lipinski definition) is 6. The molecule has 6 nitrogen and oxygen atoms in total. The number of thiazole rings is 1. The number of benzene rings is 1. The van der Waals surface area contributed by atoms with Gasteiger partial charge < -0.3 is 9.15 Å². The number of nitrogens with zero attached hydrogens (tertiary/aromatic N) is 2. The Morgan fingerprint density at radius 3 is 2.69 bits per heavy atom. The Hall–Kier alpha value is -2.90. The molecule has 29 heavy (non-hydrogen) atoms. The lowest BCUT2D eigenvalue weighted by atomic mass is 9.96. The summed E-state index contributed by atoms with van der Waals surface area (Å²) in [5, 5.41) is 0.449. The fraction of sp³-hybridized carbons (Fsp3) is 0.190. The zero-order valence-corrected chi connectivity index (χ0v) is 17.5. The van der Waals surface area contributed by atoms with Crippen molar-refractivity contribution in [3.8, 4) is 0 Å². The zero-order chi connectivity index (χ0) is 20.7. The lowest BCUT2D eigenvalue weighted by Crippen LogP contribution is -2.39. The summed E-state index contributed by atoms with van der Waals surface area (Å²) in [6.45, 7) is 3.56. The van der Waals surface area contributed by atoms with Crippen LogP contribution in [0.15, 0.2) is 61.9 Å². The number of aryl methyl sites for hydroxylation is 1. The fourth-order valence-electron chi connectivity index (χ4n) is 3.34. The van der Waals surface area contributed by atoms with Gasteiger partial charge in [0.2, 0.25) is 0 Å². The number of aromatic nitrogens is 1. The van der Waals surface area contributed by atoms with Crippen LogP contribution in [0.4, 0.5) is 0 Å². The van der Waals surface area contributed by atoms with Gasteiger partial charge in [0.1, 0.15) is 17.6 Å². The van der Waals surface area contributed by atoms with Gasteiger partial charge in [0.25, 0.3) is 5.56 Å². The number of ether oxygens (including phenoxy) is 1. The summed E-state index contributed by atoms with van der Waals surface area (Å²) in [5.74, 6) is 0.778. The molecule has 3 heterocycles. The van der Waals surface area contributed by atoms with Gasteiger partial charge >= 0.3 is 5.97 Å². The molecule has 4 rings (SSSR count). The van der Waals surface area contributed by atoms with Crippen LogP contribution in [0.3, 0.4) is 0 Å². The third-order valence-corrected chi connectivity index (χ3v) is 5.99. The monoisotopic (exact) mass is 428 g/mol. The van der Waals surface area contributed by atoms with E-state index in [1.807, 2.05) is 19.1 Å². The van der Waals surface area contributed by atoms with Gasteiger partial charge in [-0.05, 0) is 37.6 Å². The van der Waals surface area contributed by atoms with E-state index >= 15 is 0 Å². The van der Waals surface area contributed by atoms with Crippen LogP contribution in [0, 0.1) is 6.92 Å². The Bertz CT molecular complexity index is 1330. The van der Waals surface area contributed by atoms with E-state index in [0.717, 1.165) is 5.76 Å². The van der Waals surface area contributed by atoms with E-state index in [4.69, 9.17) is 20.8 Å². The highest BCUT2D eigenvalue weighted by Gasteiger charge is 2.34. The SMILES string of the molecule is COC(=O)C1=C(C)N=c2s/c(=C/c3ccc(C)o3)c(=O)n2[C@H]1c1ccccc1Cl. The van der Waals surface area contributed by atoms with Crippen molar-refractivity contribution in [2.45, 2.75) is 19.9 Å². The Balaban J connectivity index is 2.01. The quantitative estimate of drug-likeness (QED) is 0.601. The normalized spacial score (nSPS) is 16.6. The van der Waals surface area contributed by atoms with Gasteiger partial charge in [0.15, 0.2) is 4.80 Å². The summed E-state index contributed by atoms with van der Waals surface area (Å²) >= 11 is 7.67. The number of rotatable bonds is 3. The largest absolute Gasteiger partial charge is 0.466 e. The second-order valence-electron chi connectivity index (χ2n) is 6.54. The number of allylic oxidation sites excluding steroid dienone is 1. The summed E-state index contributed by atoms with van der Waals surface area (Å²) < 4.78 is 12.5. The molecular formula is C21H17ClN2O4S. The van der Waals surface area contributed by atoms with Gasteiger partial charge in [-0.3, -0.25) is 9.36 Å². The topological polar surface area (TPSA) is 73.8 Å². The van der Waals surface area contributed by atoms with E-state index in [0.29, 0.717) is 31.4 Å². The van der Waals surface area contributed by atoms with E-state index in [1.54, 1.807) is 37.3 Å². The number of furan rings is 1. The smallest absolute Gasteiger partial charge is 0.338 e. The first-order chi connectivity index (χ1) is 13.9. The number of methoxy groups -OCH3 is 1. The predicted octanol–water partition coefficient (Wildman–Crippen LogP) is 2.96. The Kier molecular flexibility index (Phi) is 5.02. The van der Waals surface area contributed by atoms with Gasteiger partial charge in [-0.25, -0.2) is 9.79 Å². The van der Waals surface area contributed by atoms with Gasteiger partial charge in [-0.1, -0.05) is 41.1 Å². The molecule has 0 saturated carbocycles. The maximum Gasteiger partial charge on any atom is 0.338 e. The van der Waals surface area contributed by atoms with Crippen molar-refractivity contribution in [2.24, 2.45) is 4.99 Å². The first-order valence-electron chi connectivity index (χ1n) is 8.82. The van der Waals surface area contributed by atoms with Crippen molar-refractivity contribution in [3.63, 3.8) is 0 Å². The van der Waals surface area contributed by atoms with E-state index in [9.17, 15) is 9.59 Å². The summed E-state index contributed by atoms with van der Waals surface area (Å²) in [6.07, 6.45) is 1.68. The van der Waals surface area contributed by atoms with Gasteiger partial charge in [-0.15, -0.1) is 0 Å². The summed E-state index contributed by atoms with van der Waals surface area (Å²) in [7, 11) is 1.30. The maximum atomic E-state index is 13.3. The molecule has 1 aliphatic heterocycles. The van der Waals surface area contributed by atoms with Crippen molar-refractivity contribution in [1.29, 1.82) is 0 Å². The van der Waals surface area contributed by atoms with Crippen LogP contribution in [-0.2, 0) is 9.53 Å². The number of carbonyl (C=O) groups excluding carboxylic acids is 1. The molecule has 1 aromatic carbocycles. The first-order valence-corrected chi connectivity index (χ1v) is 10.0. The molecule has 0 N–H and O–H groups in total. The molecule has 148 valence electrons. The number of fused-ring (bicyclic) bond motifs is 1. The minimum Gasteiger partial charge on any atom is -0.466 e. The molecule has 3 aromatic rings. The average molecular weight is 429 g/mol. The standard InChI is InChI=1S/C21H17ClN2O4S/c1-11-8-9-13(28-11)10-16-19(25)24-18(14-6-4-5-7-15(14)22)17(20(26)27-3)12(2)23-21(24)29-16/h4-10,18H,1-3H3/b16-10+/t18-/m0/s1. The predicted molar refractivity (Wildman–Crippen MR) is 111 cm³/mol. The Morgan fingerprint density at radius 2 is 2.03 bits per heavy atom. The van der Waals surface area contributed by atoms with Crippen LogP contribution in [-0.4, -0.2) is 17.6 Å². The molecular weight excluding hydrogens is 412 g/mol. The number of carbonyl (C=O) groups is 1. The molecule has 0 spiro atoms. The number of hydrogen-bond donors (Lipinski definition) is 0. The molecule has 0 bridgehead atoms. The Labute approximate surface area is 175 Å². The van der Waals surface area contributed by atoms with Crippen LogP contribution in [0.5, 0.6) is 0 Å². The van der Waals surface area contributed by atoms with Gasteiger partial charge in [-0.2, -0.15) is 0 Å². The van der Waals surface area contributed by atoms with Gasteiger partial charge in [0, 0.05) is 11.1 Å². The fourth-order valence-corrected chi connectivity index (χ4v) is 4.61. The average Bonchev–Trinajstić information content (AvgIpc) is 3.24. The van der Waals surface area contributed by atoms with Crippen LogP contribution < -0.4 is 14.9 Å². The van der Waals surface area contributed by atoms with Crippen LogP contribution in [0.1, 0.15) is 30.0 Å². The second kappa shape index (κ2) is 7.50. The van der Waals surface area contributed by atoms with Crippen molar-refractivity contribution in [3.05, 3.63) is 89.5 Å². The highest BCUT2D eigenvalue weighted by atomic mass is 35.5. The zero-order valence-electron chi connectivity index (χ0n) is 15.9. The minimum atomic E-state index is -0.729. The van der Waals surface area contributed by atoms with Crippen molar-refractivity contribution < 1.29 is 13.9 Å². The van der Waals surface area contributed by atoms with Crippen LogP contribution in [0.2, 0.25) is 5.02 Å². The third kappa shape index (κ3) is 3.36. The van der Waals surface area contributed by atoms with Crippen molar-refractivity contribution >= 4 is 35.0 Å². The van der Waals surface area contributed by atoms with Gasteiger partial charge in [0.05, 0.1) is 22.9 Å².